The van der Waals surface area contributed by atoms with Crippen LogP contribution in [0.1, 0.15) is 6.92 Å². The lowest BCUT2D eigenvalue weighted by Crippen LogP contribution is -2.28. The summed E-state index contributed by atoms with van der Waals surface area (Å²) in [6.07, 6.45) is 1.54. The molecule has 5 nitrogen and oxygen atoms in total. The van der Waals surface area contributed by atoms with Gasteiger partial charge in [0.25, 0.3) is 0 Å². The molecule has 0 radical (unpaired) electrons. The van der Waals surface area contributed by atoms with Crippen molar-refractivity contribution < 1.29 is 9.90 Å². The summed E-state index contributed by atoms with van der Waals surface area (Å²) < 4.78 is 0. The van der Waals surface area contributed by atoms with Gasteiger partial charge in [-0.1, -0.05) is 17.8 Å². The molecule has 1 saturated heterocycles. The zero-order chi connectivity index (χ0) is 12.4. The van der Waals surface area contributed by atoms with Gasteiger partial charge in [0.2, 0.25) is 5.91 Å². The third kappa shape index (κ3) is 2.03. The number of aromatic hydroxyl groups is 1. The van der Waals surface area contributed by atoms with Crippen molar-refractivity contribution in [1.29, 1.82) is 5.41 Å². The summed E-state index contributed by atoms with van der Waals surface area (Å²) in [7, 11) is 0. The van der Waals surface area contributed by atoms with Gasteiger partial charge >= 0.3 is 0 Å². The fraction of sp³-hybridized carbons (Fsp3) is 0.182. The van der Waals surface area contributed by atoms with Gasteiger partial charge in [-0.05, 0) is 19.1 Å². The van der Waals surface area contributed by atoms with Crippen molar-refractivity contribution in [3.63, 3.8) is 0 Å². The number of amides is 1. The minimum Gasteiger partial charge on any atom is -0.506 e. The number of phenols is 1. The number of hydrogen-bond donors (Lipinski definition) is 2. The Kier molecular flexibility index (Phi) is 3.14. The molecule has 1 amide bonds. The zero-order valence-electron chi connectivity index (χ0n) is 9.17. The Balaban J connectivity index is 2.55. The number of phenolic OH excluding ortho intramolecular Hbond substituents is 1. The van der Waals surface area contributed by atoms with Crippen molar-refractivity contribution in [2.45, 2.75) is 6.92 Å². The maximum atomic E-state index is 11.7. The minimum atomic E-state index is -0.168. The van der Waals surface area contributed by atoms with Gasteiger partial charge < -0.3 is 5.11 Å². The molecule has 1 heterocycles. The number of nitrogens with zero attached hydrogens (tertiary/aromatic N) is 2. The molecule has 1 fully saturated rings. The summed E-state index contributed by atoms with van der Waals surface area (Å²) in [5, 5.41) is 17.6. The Bertz CT molecular complexity index is 497. The lowest BCUT2D eigenvalue weighted by atomic mass is 10.2. The normalized spacial score (nSPS) is 16.2. The highest BCUT2D eigenvalue weighted by Crippen LogP contribution is 2.39. The second-order valence-corrected chi connectivity index (χ2v) is 4.32. The molecule has 17 heavy (non-hydrogen) atoms. The molecule has 1 aliphatic rings. The van der Waals surface area contributed by atoms with Crippen LogP contribution in [0.25, 0.3) is 0 Å². The molecule has 2 rings (SSSR count). The number of amidine groups is 1. The quantitative estimate of drug-likeness (QED) is 0.788. The molecule has 2 N–H and O–H groups in total. The van der Waals surface area contributed by atoms with Crippen molar-refractivity contribution in [2.75, 3.05) is 10.7 Å². The molecule has 88 valence electrons. The first-order valence-electron chi connectivity index (χ1n) is 5.00. The number of carbonyl (C=O) groups is 1. The van der Waals surface area contributed by atoms with Gasteiger partial charge in [-0.3, -0.25) is 20.1 Å². The van der Waals surface area contributed by atoms with E-state index in [0.29, 0.717) is 11.4 Å². The van der Waals surface area contributed by atoms with E-state index in [1.54, 1.807) is 19.1 Å². The summed E-state index contributed by atoms with van der Waals surface area (Å²) in [5.41, 5.74) is 0.763. The smallest absolute Gasteiger partial charge is 0.243 e. The van der Waals surface area contributed by atoms with Crippen molar-refractivity contribution >= 4 is 40.4 Å². The Labute approximate surface area is 103 Å². The van der Waals surface area contributed by atoms with E-state index in [-0.39, 0.29) is 22.6 Å². The van der Waals surface area contributed by atoms with E-state index in [0.717, 1.165) is 0 Å². The summed E-state index contributed by atoms with van der Waals surface area (Å²) in [6.45, 7) is 1.72. The Morgan fingerprint density at radius 3 is 2.94 bits per heavy atom. The van der Waals surface area contributed by atoms with E-state index in [2.05, 4.69) is 4.99 Å². The second-order valence-electron chi connectivity index (χ2n) is 3.36. The predicted molar refractivity (Wildman–Crippen MR) is 69.6 cm³/mol. The summed E-state index contributed by atoms with van der Waals surface area (Å²) in [5.74, 6) is 0.0836. The maximum absolute atomic E-state index is 11.7. The van der Waals surface area contributed by atoms with E-state index in [4.69, 9.17) is 5.41 Å². The van der Waals surface area contributed by atoms with Crippen LogP contribution in [0.3, 0.4) is 0 Å². The summed E-state index contributed by atoms with van der Waals surface area (Å²) in [6, 6.07) is 4.80. The van der Waals surface area contributed by atoms with Crippen molar-refractivity contribution in [3.8, 4) is 5.75 Å². The third-order valence-corrected chi connectivity index (χ3v) is 3.12. The molecule has 0 atom stereocenters. The third-order valence-electron chi connectivity index (χ3n) is 2.28. The van der Waals surface area contributed by atoms with E-state index < -0.39 is 0 Å². The Hall–Kier alpha value is -1.82. The lowest BCUT2D eigenvalue weighted by molar-refractivity contribution is -0.115. The number of carbonyl (C=O) groups excluding carboxylic acids is 1. The maximum Gasteiger partial charge on any atom is 0.243 e. The SMILES string of the molecule is CC=Nc1c(O)cccc1N1C(=N)SCC1=O. The van der Waals surface area contributed by atoms with Gasteiger partial charge in [-0.2, -0.15) is 0 Å². The molecule has 0 aromatic heterocycles. The fourth-order valence-electron chi connectivity index (χ4n) is 1.58. The van der Waals surface area contributed by atoms with Crippen molar-refractivity contribution in [3.05, 3.63) is 18.2 Å². The van der Waals surface area contributed by atoms with E-state index in [1.165, 1.54) is 28.9 Å². The first-order valence-corrected chi connectivity index (χ1v) is 5.98. The van der Waals surface area contributed by atoms with Crippen LogP contribution in [0.15, 0.2) is 23.2 Å². The highest BCUT2D eigenvalue weighted by atomic mass is 32.2. The van der Waals surface area contributed by atoms with Crippen LogP contribution in [0.4, 0.5) is 11.4 Å². The number of aliphatic imine (C=N–C) groups is 1. The first kappa shape index (κ1) is 11.7. The molecule has 0 saturated carbocycles. The van der Waals surface area contributed by atoms with E-state index >= 15 is 0 Å². The molecule has 1 aromatic carbocycles. The van der Waals surface area contributed by atoms with Gasteiger partial charge in [-0.25, -0.2) is 0 Å². The summed E-state index contributed by atoms with van der Waals surface area (Å²) >= 11 is 1.17. The first-order chi connectivity index (χ1) is 8.15. The number of anilines is 1. The van der Waals surface area contributed by atoms with Crippen LogP contribution in [-0.4, -0.2) is 28.1 Å². The van der Waals surface area contributed by atoms with Crippen LogP contribution in [0.5, 0.6) is 5.75 Å². The van der Waals surface area contributed by atoms with Crippen molar-refractivity contribution in [1.82, 2.24) is 0 Å². The number of para-hydroxylation sites is 1. The minimum absolute atomic E-state index is 0.00176. The zero-order valence-corrected chi connectivity index (χ0v) is 9.99. The van der Waals surface area contributed by atoms with Gasteiger partial charge in [0.1, 0.15) is 11.4 Å². The monoisotopic (exact) mass is 249 g/mol. The van der Waals surface area contributed by atoms with Crippen LogP contribution in [0, 0.1) is 5.41 Å². The lowest BCUT2D eigenvalue weighted by Gasteiger charge is -2.17. The van der Waals surface area contributed by atoms with Crippen LogP contribution >= 0.6 is 11.8 Å². The number of hydrogen-bond acceptors (Lipinski definition) is 5. The number of rotatable bonds is 2. The Morgan fingerprint density at radius 1 is 1.59 bits per heavy atom. The largest absolute Gasteiger partial charge is 0.506 e. The van der Waals surface area contributed by atoms with Gasteiger partial charge in [0.05, 0.1) is 11.4 Å². The topological polar surface area (TPSA) is 76.8 Å². The van der Waals surface area contributed by atoms with E-state index in [9.17, 15) is 9.90 Å². The molecule has 1 aliphatic heterocycles. The molecule has 0 unspecified atom stereocenters. The molecular formula is C11H11N3O2S. The number of benzene rings is 1. The van der Waals surface area contributed by atoms with Crippen LogP contribution in [-0.2, 0) is 4.79 Å². The molecule has 0 spiro atoms. The fourth-order valence-corrected chi connectivity index (χ4v) is 2.30. The highest BCUT2D eigenvalue weighted by Gasteiger charge is 2.30. The number of nitrogens with one attached hydrogen (secondary N) is 1. The Morgan fingerprint density at radius 2 is 2.35 bits per heavy atom. The van der Waals surface area contributed by atoms with Gasteiger partial charge in [0, 0.05) is 6.21 Å². The summed E-state index contributed by atoms with van der Waals surface area (Å²) in [4.78, 5) is 17.0. The molecule has 0 bridgehead atoms. The second kappa shape index (κ2) is 4.58. The average molecular weight is 249 g/mol. The van der Waals surface area contributed by atoms with E-state index in [1.807, 2.05) is 0 Å². The highest BCUT2D eigenvalue weighted by molar-refractivity contribution is 8.15. The number of thioether (sulfide) groups is 1. The van der Waals surface area contributed by atoms with Gasteiger partial charge in [-0.15, -0.1) is 0 Å². The molecule has 1 aromatic rings. The molecule has 0 aliphatic carbocycles. The van der Waals surface area contributed by atoms with Crippen LogP contribution < -0.4 is 4.90 Å². The van der Waals surface area contributed by atoms with Crippen molar-refractivity contribution in [2.24, 2.45) is 4.99 Å². The van der Waals surface area contributed by atoms with Gasteiger partial charge in [0.15, 0.2) is 5.17 Å². The van der Waals surface area contributed by atoms with Crippen LogP contribution in [0.2, 0.25) is 0 Å². The molecular weight excluding hydrogens is 238 g/mol. The standard InChI is InChI=1S/C11H11N3O2S/c1-2-13-10-7(4-3-5-8(10)15)14-9(16)6-17-11(14)12/h2-5,12,15H,6H2,1H3. The average Bonchev–Trinajstić information content (AvgIpc) is 2.62. The molecule has 6 heteroatoms. The predicted octanol–water partition coefficient (Wildman–Crippen LogP) is 2.13.